The summed E-state index contributed by atoms with van der Waals surface area (Å²) < 4.78 is 2.07. The van der Waals surface area contributed by atoms with Crippen molar-refractivity contribution in [3.05, 3.63) is 65.8 Å². The van der Waals surface area contributed by atoms with Crippen molar-refractivity contribution >= 4 is 0 Å². The molecule has 3 nitrogen and oxygen atoms in total. The molecule has 1 N–H and O–H groups in total. The maximum atomic E-state index is 10.7. The van der Waals surface area contributed by atoms with E-state index in [2.05, 4.69) is 31.4 Å². The molecule has 0 fully saturated rings. The molecule has 3 heteroatoms. The highest BCUT2D eigenvalue weighted by molar-refractivity contribution is 5.37. The van der Waals surface area contributed by atoms with E-state index in [1.54, 1.807) is 24.3 Å². The van der Waals surface area contributed by atoms with Crippen LogP contribution in [0.2, 0.25) is 0 Å². The monoisotopic (exact) mass is 267 g/mol. The Labute approximate surface area is 120 Å². The molecule has 0 saturated carbocycles. The van der Waals surface area contributed by atoms with E-state index in [9.17, 15) is 5.11 Å². The molecule has 0 spiro atoms. The van der Waals surface area contributed by atoms with Gasteiger partial charge in [-0.25, -0.2) is 0 Å². The van der Waals surface area contributed by atoms with Crippen LogP contribution in [-0.4, -0.2) is 9.67 Å². The number of aliphatic hydroxyl groups excluding tert-OH is 1. The molecule has 2 rings (SSSR count). The molecule has 20 heavy (non-hydrogen) atoms. The molecule has 1 radical (unpaired) electrons. The van der Waals surface area contributed by atoms with Crippen LogP contribution in [0.5, 0.6) is 0 Å². The lowest BCUT2D eigenvalue weighted by Crippen LogP contribution is -2.12. The molecule has 0 aliphatic rings. The first-order chi connectivity index (χ1) is 9.58. The van der Waals surface area contributed by atoms with Gasteiger partial charge in [0.15, 0.2) is 0 Å². The predicted molar refractivity (Wildman–Crippen MR) is 79.1 cm³/mol. The molecule has 1 atom stereocenters. The Morgan fingerprint density at radius 1 is 1.25 bits per heavy atom. The topological polar surface area (TPSA) is 49.0 Å². The Morgan fingerprint density at radius 3 is 2.40 bits per heavy atom. The van der Waals surface area contributed by atoms with Crippen molar-refractivity contribution in [3.63, 3.8) is 0 Å². The normalized spacial score (nSPS) is 12.4. The number of nitrogens with zero attached hydrogens (tertiary/aromatic N) is 2. The van der Waals surface area contributed by atoms with Crippen LogP contribution in [0.15, 0.2) is 36.5 Å². The van der Waals surface area contributed by atoms with E-state index < -0.39 is 6.10 Å². The molecule has 0 aliphatic carbocycles. The first kappa shape index (κ1) is 14.4. The molecule has 0 aliphatic heterocycles. The highest BCUT2D eigenvalue weighted by Crippen LogP contribution is 2.29. The minimum absolute atomic E-state index is 0.276. The second-order valence-corrected chi connectivity index (χ2v) is 5.11. The van der Waals surface area contributed by atoms with Gasteiger partial charge in [0.25, 0.3) is 0 Å². The lowest BCUT2D eigenvalue weighted by molar-refractivity contribution is 0.207. The SMILES string of the molecule is [CH2]Cc1ccn(C(C)C)c1C(O)c1ccc(C#N)cc1. The summed E-state index contributed by atoms with van der Waals surface area (Å²) in [7, 11) is 0. The minimum atomic E-state index is -0.697. The maximum Gasteiger partial charge on any atom is 0.119 e. The van der Waals surface area contributed by atoms with Gasteiger partial charge in [0.1, 0.15) is 6.10 Å². The molecule has 0 saturated heterocycles. The van der Waals surface area contributed by atoms with E-state index in [4.69, 9.17) is 5.26 Å². The number of benzene rings is 1. The second-order valence-electron chi connectivity index (χ2n) is 5.11. The third kappa shape index (κ3) is 2.61. The lowest BCUT2D eigenvalue weighted by atomic mass is 10.0. The quantitative estimate of drug-likeness (QED) is 0.923. The number of hydrogen-bond acceptors (Lipinski definition) is 2. The highest BCUT2D eigenvalue weighted by atomic mass is 16.3. The number of hydrogen-bond donors (Lipinski definition) is 1. The molecule has 2 aromatic rings. The van der Waals surface area contributed by atoms with Gasteiger partial charge in [-0.3, -0.25) is 0 Å². The molecule has 1 aromatic heterocycles. The average Bonchev–Trinajstić information content (AvgIpc) is 2.90. The summed E-state index contributed by atoms with van der Waals surface area (Å²) in [5, 5.41) is 19.5. The predicted octanol–water partition coefficient (Wildman–Crippen LogP) is 3.40. The Bertz CT molecular complexity index is 617. The van der Waals surface area contributed by atoms with Crippen molar-refractivity contribution in [2.45, 2.75) is 32.4 Å². The summed E-state index contributed by atoms with van der Waals surface area (Å²) in [6.07, 6.45) is 1.94. The van der Waals surface area contributed by atoms with Gasteiger partial charge in [-0.15, -0.1) is 0 Å². The fraction of sp³-hybridized carbons (Fsp3) is 0.294. The van der Waals surface area contributed by atoms with E-state index in [-0.39, 0.29) is 6.04 Å². The van der Waals surface area contributed by atoms with Gasteiger partial charge in [-0.05, 0) is 56.5 Å². The van der Waals surface area contributed by atoms with Crippen LogP contribution in [0.25, 0.3) is 0 Å². The molecule has 103 valence electrons. The summed E-state index contributed by atoms with van der Waals surface area (Å²) in [5.74, 6) is 0. The van der Waals surface area contributed by atoms with Gasteiger partial charge in [-0.1, -0.05) is 12.1 Å². The van der Waals surface area contributed by atoms with Crippen LogP contribution in [0.3, 0.4) is 0 Å². The summed E-state index contributed by atoms with van der Waals surface area (Å²) in [4.78, 5) is 0. The molecular formula is C17H19N2O. The fourth-order valence-electron chi connectivity index (χ4n) is 2.38. The van der Waals surface area contributed by atoms with Gasteiger partial charge in [0, 0.05) is 12.2 Å². The van der Waals surface area contributed by atoms with E-state index in [0.717, 1.165) is 16.8 Å². The largest absolute Gasteiger partial charge is 0.382 e. The Kier molecular flexibility index (Phi) is 4.26. The summed E-state index contributed by atoms with van der Waals surface area (Å²) in [6.45, 7) is 8.10. The van der Waals surface area contributed by atoms with Crippen LogP contribution in [0, 0.1) is 18.3 Å². The summed E-state index contributed by atoms with van der Waals surface area (Å²) in [5.41, 5.74) is 3.33. The first-order valence-corrected chi connectivity index (χ1v) is 6.75. The Balaban J connectivity index is 2.43. The van der Waals surface area contributed by atoms with E-state index in [1.165, 1.54) is 0 Å². The molecular weight excluding hydrogens is 248 g/mol. The average molecular weight is 267 g/mol. The Morgan fingerprint density at radius 2 is 1.90 bits per heavy atom. The van der Waals surface area contributed by atoms with Crippen molar-refractivity contribution < 1.29 is 5.11 Å². The zero-order valence-corrected chi connectivity index (χ0v) is 11.9. The van der Waals surface area contributed by atoms with Gasteiger partial charge in [0.05, 0.1) is 17.3 Å². The number of nitriles is 1. The maximum absolute atomic E-state index is 10.7. The molecule has 0 bridgehead atoms. The van der Waals surface area contributed by atoms with E-state index in [1.807, 2.05) is 12.3 Å². The van der Waals surface area contributed by atoms with Crippen molar-refractivity contribution in [1.29, 1.82) is 5.26 Å². The van der Waals surface area contributed by atoms with Crippen LogP contribution < -0.4 is 0 Å². The van der Waals surface area contributed by atoms with Crippen LogP contribution in [-0.2, 0) is 6.42 Å². The second kappa shape index (κ2) is 5.94. The van der Waals surface area contributed by atoms with Crippen molar-refractivity contribution in [2.75, 3.05) is 0 Å². The summed E-state index contributed by atoms with van der Waals surface area (Å²) in [6, 6.07) is 11.4. The van der Waals surface area contributed by atoms with E-state index >= 15 is 0 Å². The standard InChI is InChI=1S/C17H19N2O/c1-4-14-9-10-19(12(2)3)16(14)17(20)15-7-5-13(11-18)6-8-15/h5-10,12,17,20H,1,4H2,2-3H3. The first-order valence-electron chi connectivity index (χ1n) is 6.75. The zero-order valence-electron chi connectivity index (χ0n) is 11.9. The third-order valence-electron chi connectivity index (χ3n) is 3.48. The number of aromatic nitrogens is 1. The molecule has 1 unspecified atom stereocenters. The van der Waals surface area contributed by atoms with E-state index in [0.29, 0.717) is 12.0 Å². The van der Waals surface area contributed by atoms with Crippen LogP contribution >= 0.6 is 0 Å². The van der Waals surface area contributed by atoms with Crippen molar-refractivity contribution in [1.82, 2.24) is 4.57 Å². The minimum Gasteiger partial charge on any atom is -0.382 e. The van der Waals surface area contributed by atoms with Crippen molar-refractivity contribution in [3.8, 4) is 6.07 Å². The van der Waals surface area contributed by atoms with Gasteiger partial charge in [0.2, 0.25) is 0 Å². The summed E-state index contributed by atoms with van der Waals surface area (Å²) >= 11 is 0. The third-order valence-corrected chi connectivity index (χ3v) is 3.48. The molecule has 0 amide bonds. The number of aliphatic hydroxyl groups is 1. The van der Waals surface area contributed by atoms with Crippen LogP contribution in [0.1, 0.15) is 48.4 Å². The lowest BCUT2D eigenvalue weighted by Gasteiger charge is -2.19. The number of rotatable bonds is 4. The van der Waals surface area contributed by atoms with Crippen LogP contribution in [0.4, 0.5) is 0 Å². The Hall–Kier alpha value is -2.05. The van der Waals surface area contributed by atoms with Gasteiger partial charge < -0.3 is 9.67 Å². The van der Waals surface area contributed by atoms with Gasteiger partial charge >= 0.3 is 0 Å². The highest BCUT2D eigenvalue weighted by Gasteiger charge is 2.19. The zero-order chi connectivity index (χ0) is 14.7. The smallest absolute Gasteiger partial charge is 0.119 e. The fourth-order valence-corrected chi connectivity index (χ4v) is 2.38. The molecule has 1 aromatic carbocycles. The van der Waals surface area contributed by atoms with Crippen molar-refractivity contribution in [2.24, 2.45) is 0 Å². The van der Waals surface area contributed by atoms with Gasteiger partial charge in [-0.2, -0.15) is 5.26 Å². The molecule has 1 heterocycles.